The second kappa shape index (κ2) is 5.48. The van der Waals surface area contributed by atoms with Crippen LogP contribution >= 0.6 is 0 Å². The molecule has 90 valence electrons. The number of aromatic amines is 1. The number of rotatable bonds is 4. The van der Waals surface area contributed by atoms with Gasteiger partial charge >= 0.3 is 0 Å². The highest BCUT2D eigenvalue weighted by Gasteiger charge is 2.25. The highest BCUT2D eigenvalue weighted by atomic mass is 15.2. The van der Waals surface area contributed by atoms with Crippen molar-refractivity contribution in [2.24, 2.45) is 0 Å². The first-order valence-corrected chi connectivity index (χ1v) is 6.08. The predicted octanol–water partition coefficient (Wildman–Crippen LogP) is 0.569. The Bertz CT molecular complexity index is 290. The lowest BCUT2D eigenvalue weighted by Gasteiger charge is -2.37. The minimum atomic E-state index is 0.382. The van der Waals surface area contributed by atoms with Gasteiger partial charge in [-0.15, -0.1) is 0 Å². The van der Waals surface area contributed by atoms with Crippen LogP contribution in [-0.4, -0.2) is 49.2 Å². The Morgan fingerprint density at radius 2 is 2.12 bits per heavy atom. The van der Waals surface area contributed by atoms with Gasteiger partial charge in [0.15, 0.2) is 0 Å². The number of nitrogens with one attached hydrogen (secondary N) is 3. The number of piperazine rings is 1. The molecule has 4 heteroatoms. The SMILES string of the molecule is CNC(c1ccc[nH]1)C(C)N1CCNCC1. The fourth-order valence-electron chi connectivity index (χ4n) is 2.49. The Morgan fingerprint density at radius 1 is 1.38 bits per heavy atom. The van der Waals surface area contributed by atoms with Gasteiger partial charge in [0.05, 0.1) is 6.04 Å². The fraction of sp³-hybridized carbons (Fsp3) is 0.667. The number of nitrogens with zero attached hydrogens (tertiary/aromatic N) is 1. The summed E-state index contributed by atoms with van der Waals surface area (Å²) in [4.78, 5) is 5.84. The van der Waals surface area contributed by atoms with Crippen LogP contribution in [0.2, 0.25) is 0 Å². The van der Waals surface area contributed by atoms with Crippen LogP contribution in [0.1, 0.15) is 18.7 Å². The maximum absolute atomic E-state index is 3.41. The van der Waals surface area contributed by atoms with Crippen molar-refractivity contribution < 1.29 is 0 Å². The minimum absolute atomic E-state index is 0.382. The molecule has 2 heterocycles. The van der Waals surface area contributed by atoms with Crippen LogP contribution in [-0.2, 0) is 0 Å². The van der Waals surface area contributed by atoms with E-state index in [2.05, 4.69) is 39.6 Å². The van der Waals surface area contributed by atoms with Crippen molar-refractivity contribution in [1.82, 2.24) is 20.5 Å². The van der Waals surface area contributed by atoms with Crippen molar-refractivity contribution in [1.29, 1.82) is 0 Å². The van der Waals surface area contributed by atoms with Crippen LogP contribution in [0.3, 0.4) is 0 Å². The zero-order valence-electron chi connectivity index (χ0n) is 10.2. The molecular formula is C12H22N4. The maximum atomic E-state index is 3.41. The molecule has 1 fully saturated rings. The average Bonchev–Trinajstić information content (AvgIpc) is 2.85. The molecule has 1 aromatic heterocycles. The lowest BCUT2D eigenvalue weighted by Crippen LogP contribution is -2.51. The maximum Gasteiger partial charge on any atom is 0.0625 e. The van der Waals surface area contributed by atoms with E-state index in [9.17, 15) is 0 Å². The molecule has 3 N–H and O–H groups in total. The standard InChI is InChI=1S/C12H22N4/c1-10(16-8-6-14-7-9-16)12(13-2)11-4-3-5-15-11/h3-5,10,12-15H,6-9H2,1-2H3. The van der Waals surface area contributed by atoms with E-state index in [1.807, 2.05) is 13.2 Å². The van der Waals surface area contributed by atoms with E-state index >= 15 is 0 Å². The average molecular weight is 222 g/mol. The molecular weight excluding hydrogens is 200 g/mol. The molecule has 0 aliphatic carbocycles. The van der Waals surface area contributed by atoms with E-state index in [1.165, 1.54) is 5.69 Å². The Labute approximate surface area is 97.4 Å². The Morgan fingerprint density at radius 3 is 2.69 bits per heavy atom. The summed E-state index contributed by atoms with van der Waals surface area (Å²) in [7, 11) is 2.03. The number of H-pyrrole nitrogens is 1. The van der Waals surface area contributed by atoms with Gasteiger partial charge in [0.2, 0.25) is 0 Å². The van der Waals surface area contributed by atoms with Crippen molar-refractivity contribution in [2.45, 2.75) is 19.0 Å². The molecule has 2 unspecified atom stereocenters. The molecule has 4 nitrogen and oxygen atoms in total. The zero-order chi connectivity index (χ0) is 11.4. The number of hydrogen-bond acceptors (Lipinski definition) is 3. The van der Waals surface area contributed by atoms with E-state index in [4.69, 9.17) is 0 Å². The van der Waals surface area contributed by atoms with E-state index in [1.54, 1.807) is 0 Å². The molecule has 2 atom stereocenters. The van der Waals surface area contributed by atoms with Gasteiger partial charge in [-0.2, -0.15) is 0 Å². The molecule has 1 aliphatic rings. The van der Waals surface area contributed by atoms with Crippen molar-refractivity contribution in [2.75, 3.05) is 33.2 Å². The quantitative estimate of drug-likeness (QED) is 0.698. The molecule has 0 saturated carbocycles. The zero-order valence-corrected chi connectivity index (χ0v) is 10.2. The summed E-state index contributed by atoms with van der Waals surface area (Å²) in [6.45, 7) is 6.78. The first kappa shape index (κ1) is 11.6. The molecule has 1 saturated heterocycles. The van der Waals surface area contributed by atoms with Crippen molar-refractivity contribution in [3.8, 4) is 0 Å². The summed E-state index contributed by atoms with van der Waals surface area (Å²) in [5.41, 5.74) is 1.27. The summed E-state index contributed by atoms with van der Waals surface area (Å²) in [5.74, 6) is 0. The Balaban J connectivity index is 2.02. The summed E-state index contributed by atoms with van der Waals surface area (Å²) in [6.07, 6.45) is 1.99. The monoisotopic (exact) mass is 222 g/mol. The molecule has 2 rings (SSSR count). The molecule has 0 spiro atoms. The topological polar surface area (TPSA) is 43.1 Å². The smallest absolute Gasteiger partial charge is 0.0625 e. The van der Waals surface area contributed by atoms with Gasteiger partial charge in [-0.25, -0.2) is 0 Å². The van der Waals surface area contributed by atoms with Crippen molar-refractivity contribution in [3.63, 3.8) is 0 Å². The van der Waals surface area contributed by atoms with Gasteiger partial charge in [0.1, 0.15) is 0 Å². The predicted molar refractivity (Wildman–Crippen MR) is 66.5 cm³/mol. The van der Waals surface area contributed by atoms with Crippen LogP contribution in [0.5, 0.6) is 0 Å². The molecule has 0 radical (unpaired) electrons. The molecule has 0 bridgehead atoms. The largest absolute Gasteiger partial charge is 0.364 e. The first-order valence-electron chi connectivity index (χ1n) is 6.08. The fourth-order valence-corrected chi connectivity index (χ4v) is 2.49. The second-order valence-electron chi connectivity index (χ2n) is 4.42. The van der Waals surface area contributed by atoms with Crippen LogP contribution in [0.25, 0.3) is 0 Å². The van der Waals surface area contributed by atoms with Gasteiger partial charge in [-0.1, -0.05) is 0 Å². The third-order valence-electron chi connectivity index (χ3n) is 3.48. The molecule has 1 aliphatic heterocycles. The normalized spacial score (nSPS) is 21.9. The summed E-state index contributed by atoms with van der Waals surface area (Å²) < 4.78 is 0. The molecule has 16 heavy (non-hydrogen) atoms. The van der Waals surface area contributed by atoms with E-state index in [0.717, 1.165) is 26.2 Å². The summed E-state index contributed by atoms with van der Waals surface area (Å²) in [5, 5.41) is 6.80. The van der Waals surface area contributed by atoms with Crippen molar-refractivity contribution >= 4 is 0 Å². The lowest BCUT2D eigenvalue weighted by atomic mass is 10.0. The number of aromatic nitrogens is 1. The molecule has 0 aromatic carbocycles. The van der Waals surface area contributed by atoms with Gasteiger partial charge in [-0.05, 0) is 26.1 Å². The van der Waals surface area contributed by atoms with Gasteiger partial charge < -0.3 is 15.6 Å². The van der Waals surface area contributed by atoms with E-state index < -0.39 is 0 Å². The van der Waals surface area contributed by atoms with Gasteiger partial charge in [0.25, 0.3) is 0 Å². The van der Waals surface area contributed by atoms with Crippen LogP contribution in [0.15, 0.2) is 18.3 Å². The minimum Gasteiger partial charge on any atom is -0.364 e. The highest BCUT2D eigenvalue weighted by Crippen LogP contribution is 2.19. The second-order valence-corrected chi connectivity index (χ2v) is 4.42. The van der Waals surface area contributed by atoms with Crippen molar-refractivity contribution in [3.05, 3.63) is 24.0 Å². The van der Waals surface area contributed by atoms with E-state index in [-0.39, 0.29) is 0 Å². The lowest BCUT2D eigenvalue weighted by molar-refractivity contribution is 0.152. The highest BCUT2D eigenvalue weighted by molar-refractivity contribution is 5.11. The molecule has 0 amide bonds. The Kier molecular flexibility index (Phi) is 3.98. The third-order valence-corrected chi connectivity index (χ3v) is 3.48. The number of likely N-dealkylation sites (N-methyl/N-ethyl adjacent to an activating group) is 1. The number of hydrogen-bond donors (Lipinski definition) is 3. The van der Waals surface area contributed by atoms with Crippen LogP contribution in [0, 0.1) is 0 Å². The van der Waals surface area contributed by atoms with Gasteiger partial charge in [-0.3, -0.25) is 4.90 Å². The molecule has 1 aromatic rings. The summed E-state index contributed by atoms with van der Waals surface area (Å²) >= 11 is 0. The summed E-state index contributed by atoms with van der Waals surface area (Å²) in [6, 6.07) is 5.11. The first-order chi connectivity index (χ1) is 7.83. The Hall–Kier alpha value is -0.840. The van der Waals surface area contributed by atoms with E-state index in [0.29, 0.717) is 12.1 Å². The third kappa shape index (κ3) is 2.45. The van der Waals surface area contributed by atoms with Gasteiger partial charge in [0, 0.05) is 44.1 Å². The van der Waals surface area contributed by atoms with Crippen LogP contribution in [0.4, 0.5) is 0 Å². The van der Waals surface area contributed by atoms with Crippen LogP contribution < -0.4 is 10.6 Å².